The van der Waals surface area contributed by atoms with Crippen molar-refractivity contribution in [3.8, 4) is 17.1 Å². The lowest BCUT2D eigenvalue weighted by molar-refractivity contribution is 0.216. The van der Waals surface area contributed by atoms with Gasteiger partial charge in [0.05, 0.1) is 5.39 Å². The van der Waals surface area contributed by atoms with E-state index in [-0.39, 0.29) is 0 Å². The normalized spacial score (nSPS) is 13.7. The molecule has 4 rings (SSSR count). The third-order valence-corrected chi connectivity index (χ3v) is 7.32. The van der Waals surface area contributed by atoms with E-state index in [4.69, 9.17) is 21.3 Å². The highest BCUT2D eigenvalue weighted by molar-refractivity contribution is 8.08. The van der Waals surface area contributed by atoms with Gasteiger partial charge in [0.15, 0.2) is 5.82 Å². The van der Waals surface area contributed by atoms with Crippen LogP contribution in [0.25, 0.3) is 26.5 Å². The predicted molar refractivity (Wildman–Crippen MR) is 135 cm³/mol. The summed E-state index contributed by atoms with van der Waals surface area (Å²) >= 11 is 10.0. The van der Waals surface area contributed by atoms with Gasteiger partial charge in [0.2, 0.25) is 0 Å². The average molecular weight is 472 g/mol. The van der Waals surface area contributed by atoms with Crippen LogP contribution in [0.3, 0.4) is 0 Å². The van der Waals surface area contributed by atoms with E-state index in [0.717, 1.165) is 58.9 Å². The number of likely N-dealkylation sites (N-methyl/N-ethyl adjacent to an activating group) is 1. The summed E-state index contributed by atoms with van der Waals surface area (Å²) < 4.78 is 5.92. The Morgan fingerprint density at radius 1 is 1.13 bits per heavy atom. The van der Waals surface area contributed by atoms with Crippen molar-refractivity contribution < 1.29 is 4.74 Å². The Morgan fingerprint density at radius 2 is 1.97 bits per heavy atom. The molecule has 0 aliphatic carbocycles. The SMILES string of the molecule is CCCN(CC)CCOc1ccc(-c2nc(Cl)c3c(C4=CC=CCS4)csc3n2)cc1. The second-order valence-electron chi connectivity index (χ2n) is 7.24. The fourth-order valence-corrected chi connectivity index (χ4v) is 5.73. The Labute approximate surface area is 197 Å². The van der Waals surface area contributed by atoms with E-state index in [1.807, 2.05) is 36.0 Å². The molecular formula is C24H26ClN3OS2. The van der Waals surface area contributed by atoms with E-state index in [0.29, 0.717) is 17.6 Å². The highest BCUT2D eigenvalue weighted by atomic mass is 35.5. The summed E-state index contributed by atoms with van der Waals surface area (Å²) in [7, 11) is 0. The van der Waals surface area contributed by atoms with Crippen molar-refractivity contribution in [1.29, 1.82) is 0 Å². The van der Waals surface area contributed by atoms with Crippen molar-refractivity contribution in [1.82, 2.24) is 14.9 Å². The Bertz CT molecular complexity index is 1090. The summed E-state index contributed by atoms with van der Waals surface area (Å²) in [5.41, 5.74) is 2.06. The van der Waals surface area contributed by atoms with Gasteiger partial charge in [0.25, 0.3) is 0 Å². The number of fused-ring (bicyclic) bond motifs is 1. The summed E-state index contributed by atoms with van der Waals surface area (Å²) in [6.07, 6.45) is 7.53. The van der Waals surface area contributed by atoms with Crippen LogP contribution in [0.15, 0.2) is 47.9 Å². The lowest BCUT2D eigenvalue weighted by Crippen LogP contribution is -2.28. The zero-order valence-corrected chi connectivity index (χ0v) is 20.2. The number of thioether (sulfide) groups is 1. The molecule has 0 fully saturated rings. The van der Waals surface area contributed by atoms with Crippen LogP contribution in [0.5, 0.6) is 5.75 Å². The minimum Gasteiger partial charge on any atom is -0.492 e. The number of thiophene rings is 1. The quantitative estimate of drug-likeness (QED) is 0.322. The minimum absolute atomic E-state index is 0.503. The molecule has 0 unspecified atom stereocenters. The number of allylic oxidation sites excluding steroid dienone is 2. The molecule has 162 valence electrons. The Balaban J connectivity index is 1.49. The predicted octanol–water partition coefficient (Wildman–Crippen LogP) is 6.77. The van der Waals surface area contributed by atoms with E-state index < -0.39 is 0 Å². The molecule has 0 radical (unpaired) electrons. The van der Waals surface area contributed by atoms with E-state index in [2.05, 4.69) is 47.3 Å². The van der Waals surface area contributed by atoms with Gasteiger partial charge >= 0.3 is 0 Å². The molecule has 0 N–H and O–H groups in total. The molecule has 0 saturated heterocycles. The Kier molecular flexibility index (Phi) is 7.67. The van der Waals surface area contributed by atoms with Gasteiger partial charge in [-0.2, -0.15) is 0 Å². The number of rotatable bonds is 9. The van der Waals surface area contributed by atoms with Gasteiger partial charge < -0.3 is 9.64 Å². The molecule has 1 aliphatic rings. The molecule has 3 heterocycles. The molecule has 0 amide bonds. The Morgan fingerprint density at radius 3 is 2.68 bits per heavy atom. The van der Waals surface area contributed by atoms with Gasteiger partial charge in [-0.1, -0.05) is 37.6 Å². The van der Waals surface area contributed by atoms with Crippen molar-refractivity contribution >= 4 is 49.8 Å². The third-order valence-electron chi connectivity index (χ3n) is 5.15. The first kappa shape index (κ1) is 22.3. The molecule has 1 aromatic carbocycles. The van der Waals surface area contributed by atoms with Gasteiger partial charge in [-0.3, -0.25) is 0 Å². The van der Waals surface area contributed by atoms with Crippen LogP contribution >= 0.6 is 34.7 Å². The maximum atomic E-state index is 6.62. The monoisotopic (exact) mass is 471 g/mol. The van der Waals surface area contributed by atoms with Crippen molar-refractivity contribution in [2.75, 3.05) is 32.0 Å². The fraction of sp³-hybridized carbons (Fsp3) is 0.333. The number of hydrogen-bond donors (Lipinski definition) is 0. The van der Waals surface area contributed by atoms with Gasteiger partial charge in [-0.25, -0.2) is 9.97 Å². The molecular weight excluding hydrogens is 446 g/mol. The highest BCUT2D eigenvalue weighted by Gasteiger charge is 2.17. The number of nitrogens with zero attached hydrogens (tertiary/aromatic N) is 3. The van der Waals surface area contributed by atoms with Crippen LogP contribution in [-0.2, 0) is 0 Å². The van der Waals surface area contributed by atoms with Crippen molar-refractivity contribution in [3.63, 3.8) is 0 Å². The standard InChI is InChI=1S/C24H26ClN3OS2/c1-3-12-28(4-2)13-14-29-18-10-8-17(9-11-18)23-26-22(25)21-19(16-31-24(21)27-23)20-7-5-6-15-30-20/h5-11,16H,3-4,12-15H2,1-2H3. The van der Waals surface area contributed by atoms with Crippen molar-refractivity contribution in [3.05, 3.63) is 58.6 Å². The minimum atomic E-state index is 0.503. The molecule has 31 heavy (non-hydrogen) atoms. The maximum Gasteiger partial charge on any atom is 0.162 e. The first-order valence-electron chi connectivity index (χ1n) is 10.6. The van der Waals surface area contributed by atoms with Gasteiger partial charge in [-0.15, -0.1) is 23.1 Å². The summed E-state index contributed by atoms with van der Waals surface area (Å²) in [6.45, 7) is 8.17. The van der Waals surface area contributed by atoms with Gasteiger partial charge in [0.1, 0.15) is 22.3 Å². The zero-order valence-electron chi connectivity index (χ0n) is 17.8. The summed E-state index contributed by atoms with van der Waals surface area (Å²) in [5.74, 6) is 2.47. The summed E-state index contributed by atoms with van der Waals surface area (Å²) in [5, 5.41) is 3.57. The van der Waals surface area contributed by atoms with Crippen LogP contribution in [0, 0.1) is 0 Å². The smallest absolute Gasteiger partial charge is 0.162 e. The van der Waals surface area contributed by atoms with Crippen LogP contribution in [0.1, 0.15) is 25.8 Å². The molecule has 0 spiro atoms. The van der Waals surface area contributed by atoms with Crippen LogP contribution in [0.2, 0.25) is 5.15 Å². The summed E-state index contributed by atoms with van der Waals surface area (Å²) in [4.78, 5) is 13.9. The number of benzene rings is 1. The van der Waals surface area contributed by atoms with Crippen LogP contribution in [0.4, 0.5) is 0 Å². The molecule has 0 atom stereocenters. The van der Waals surface area contributed by atoms with Crippen LogP contribution < -0.4 is 4.74 Å². The van der Waals surface area contributed by atoms with Crippen molar-refractivity contribution in [2.24, 2.45) is 0 Å². The molecule has 2 aromatic heterocycles. The maximum absolute atomic E-state index is 6.62. The number of ether oxygens (including phenoxy) is 1. The number of aromatic nitrogens is 2. The zero-order chi connectivity index (χ0) is 21.6. The molecule has 3 aromatic rings. The average Bonchev–Trinajstić information content (AvgIpc) is 3.24. The van der Waals surface area contributed by atoms with Crippen LogP contribution in [-0.4, -0.2) is 46.9 Å². The second kappa shape index (κ2) is 10.6. The number of hydrogen-bond acceptors (Lipinski definition) is 6. The second-order valence-corrected chi connectivity index (χ2v) is 9.52. The van der Waals surface area contributed by atoms with E-state index in [1.165, 1.54) is 4.91 Å². The summed E-state index contributed by atoms with van der Waals surface area (Å²) in [6, 6.07) is 7.94. The van der Waals surface area contributed by atoms with Gasteiger partial charge in [-0.05, 0) is 49.9 Å². The molecule has 0 saturated carbocycles. The molecule has 4 nitrogen and oxygen atoms in total. The molecule has 1 aliphatic heterocycles. The topological polar surface area (TPSA) is 38.2 Å². The third kappa shape index (κ3) is 5.32. The van der Waals surface area contributed by atoms with E-state index >= 15 is 0 Å². The number of halogens is 1. The lowest BCUT2D eigenvalue weighted by Gasteiger charge is -2.19. The molecule has 0 bridgehead atoms. The van der Waals surface area contributed by atoms with E-state index in [9.17, 15) is 0 Å². The lowest BCUT2D eigenvalue weighted by atomic mass is 10.2. The van der Waals surface area contributed by atoms with Crippen molar-refractivity contribution in [2.45, 2.75) is 20.3 Å². The first-order chi connectivity index (χ1) is 15.2. The highest BCUT2D eigenvalue weighted by Crippen LogP contribution is 2.40. The Hall–Kier alpha value is -1.86. The largest absolute Gasteiger partial charge is 0.492 e. The first-order valence-corrected chi connectivity index (χ1v) is 12.8. The molecule has 7 heteroatoms. The van der Waals surface area contributed by atoms with Gasteiger partial charge in [0, 0.05) is 33.7 Å². The van der Waals surface area contributed by atoms with E-state index in [1.54, 1.807) is 11.3 Å². The fourth-order valence-electron chi connectivity index (χ4n) is 3.51.